The number of aliphatic hydroxyl groups is 1. The summed E-state index contributed by atoms with van der Waals surface area (Å²) < 4.78 is 12.1. The predicted molar refractivity (Wildman–Crippen MR) is 138 cm³/mol. The Bertz CT molecular complexity index is 1100. The molecule has 1 N–H and O–H groups in total. The Morgan fingerprint density at radius 3 is 2.57 bits per heavy atom. The molecular formula is C29H39N3O3. The van der Waals surface area contributed by atoms with Gasteiger partial charge >= 0.3 is 0 Å². The molecule has 1 saturated carbocycles. The first-order valence-corrected chi connectivity index (χ1v) is 13.1. The van der Waals surface area contributed by atoms with Crippen LogP contribution in [0.25, 0.3) is 11.0 Å². The monoisotopic (exact) mass is 477 g/mol. The maximum atomic E-state index is 9.65. The number of aromatic nitrogens is 1. The fourth-order valence-electron chi connectivity index (χ4n) is 5.24. The average molecular weight is 478 g/mol. The summed E-state index contributed by atoms with van der Waals surface area (Å²) in [5.41, 5.74) is 4.31. The number of hydrogen-bond acceptors (Lipinski definition) is 6. The van der Waals surface area contributed by atoms with Gasteiger partial charge in [0.1, 0.15) is 5.75 Å². The lowest BCUT2D eigenvalue weighted by Crippen LogP contribution is -2.33. The molecule has 2 heterocycles. The largest absolute Gasteiger partial charge is 0.492 e. The molecule has 0 radical (unpaired) electrons. The van der Waals surface area contributed by atoms with E-state index in [1.807, 2.05) is 0 Å². The third-order valence-corrected chi connectivity index (χ3v) is 7.82. The Morgan fingerprint density at radius 2 is 1.89 bits per heavy atom. The molecule has 1 saturated heterocycles. The zero-order valence-electron chi connectivity index (χ0n) is 21.2. The molecule has 0 bridgehead atoms. The summed E-state index contributed by atoms with van der Waals surface area (Å²) in [6, 6.07) is 15.0. The second kappa shape index (κ2) is 10.7. The van der Waals surface area contributed by atoms with Crippen molar-refractivity contribution in [1.29, 1.82) is 0 Å². The first kappa shape index (κ1) is 24.3. The maximum Gasteiger partial charge on any atom is 0.175 e. The number of aliphatic hydroxyl groups excluding tert-OH is 1. The minimum absolute atomic E-state index is 0.0480. The smallest absolute Gasteiger partial charge is 0.175 e. The number of piperidine rings is 1. The predicted octanol–water partition coefficient (Wildman–Crippen LogP) is 4.89. The summed E-state index contributed by atoms with van der Waals surface area (Å²) in [6.07, 6.45) is 6.67. The van der Waals surface area contributed by atoms with Gasteiger partial charge in [-0.25, -0.2) is 0 Å². The highest BCUT2D eigenvalue weighted by atomic mass is 16.5. The van der Waals surface area contributed by atoms with Gasteiger partial charge in [0.15, 0.2) is 5.58 Å². The van der Waals surface area contributed by atoms with Gasteiger partial charge in [-0.2, -0.15) is 0 Å². The molecule has 5 rings (SSSR count). The zero-order valence-corrected chi connectivity index (χ0v) is 21.2. The molecule has 2 aliphatic rings. The maximum absolute atomic E-state index is 9.65. The van der Waals surface area contributed by atoms with E-state index in [4.69, 9.17) is 9.26 Å². The quantitative estimate of drug-likeness (QED) is 0.425. The highest BCUT2D eigenvalue weighted by molar-refractivity contribution is 5.84. The summed E-state index contributed by atoms with van der Waals surface area (Å²) >= 11 is 0. The highest BCUT2D eigenvalue weighted by Gasteiger charge is 2.43. The van der Waals surface area contributed by atoms with Gasteiger partial charge in [-0.1, -0.05) is 35.5 Å². The summed E-state index contributed by atoms with van der Waals surface area (Å²) in [7, 11) is 4.11. The van der Waals surface area contributed by atoms with Crippen LogP contribution in [0.1, 0.15) is 48.9 Å². The van der Waals surface area contributed by atoms with E-state index in [0.717, 1.165) is 72.7 Å². The molecule has 0 unspecified atom stereocenters. The summed E-state index contributed by atoms with van der Waals surface area (Å²) in [6.45, 7) is 4.87. The SMILES string of the molecule is CN(C)Cc1c(OCC2(CO)CC2)ccc2c(CCC3CCN(Cc4ccccc4)CC3)noc12. The van der Waals surface area contributed by atoms with E-state index >= 15 is 0 Å². The molecule has 1 aromatic heterocycles. The molecule has 0 atom stereocenters. The van der Waals surface area contributed by atoms with Crippen molar-refractivity contribution < 1.29 is 14.4 Å². The Balaban J connectivity index is 1.20. The van der Waals surface area contributed by atoms with Gasteiger partial charge in [0.25, 0.3) is 0 Å². The van der Waals surface area contributed by atoms with Crippen molar-refractivity contribution in [2.75, 3.05) is 40.4 Å². The second-order valence-corrected chi connectivity index (χ2v) is 11.0. The van der Waals surface area contributed by atoms with E-state index in [-0.39, 0.29) is 12.0 Å². The van der Waals surface area contributed by atoms with Crippen LogP contribution in [-0.2, 0) is 19.5 Å². The van der Waals surface area contributed by atoms with Crippen molar-refractivity contribution in [3.8, 4) is 5.75 Å². The van der Waals surface area contributed by atoms with E-state index in [1.54, 1.807) is 0 Å². The number of ether oxygens (including phenoxy) is 1. The highest BCUT2D eigenvalue weighted by Crippen LogP contribution is 2.45. The minimum Gasteiger partial charge on any atom is -0.492 e. The van der Waals surface area contributed by atoms with Crippen LogP contribution >= 0.6 is 0 Å². The van der Waals surface area contributed by atoms with Crippen LogP contribution in [0.2, 0.25) is 0 Å². The van der Waals surface area contributed by atoms with Crippen molar-refractivity contribution in [3.63, 3.8) is 0 Å². The van der Waals surface area contributed by atoms with E-state index in [2.05, 4.69) is 71.5 Å². The van der Waals surface area contributed by atoms with Crippen molar-refractivity contribution in [2.45, 2.75) is 51.6 Å². The van der Waals surface area contributed by atoms with E-state index in [0.29, 0.717) is 6.61 Å². The molecule has 1 aliphatic carbocycles. The molecule has 2 fully saturated rings. The van der Waals surface area contributed by atoms with Gasteiger partial charge in [-0.3, -0.25) is 4.90 Å². The van der Waals surface area contributed by atoms with Crippen molar-refractivity contribution in [3.05, 3.63) is 59.3 Å². The van der Waals surface area contributed by atoms with Gasteiger partial charge in [0.2, 0.25) is 0 Å². The lowest BCUT2D eigenvalue weighted by molar-refractivity contribution is 0.145. The molecule has 3 aromatic rings. The normalized spacial score (nSPS) is 18.4. The second-order valence-electron chi connectivity index (χ2n) is 11.0. The molecular weight excluding hydrogens is 438 g/mol. The number of hydrogen-bond donors (Lipinski definition) is 1. The summed E-state index contributed by atoms with van der Waals surface area (Å²) in [4.78, 5) is 4.71. The number of likely N-dealkylation sites (tertiary alicyclic amines) is 1. The summed E-state index contributed by atoms with van der Waals surface area (Å²) in [5, 5.41) is 15.3. The van der Waals surface area contributed by atoms with Crippen LogP contribution in [0.5, 0.6) is 5.75 Å². The molecule has 2 aromatic carbocycles. The number of rotatable bonds is 11. The average Bonchev–Trinajstić information content (AvgIpc) is 3.54. The molecule has 188 valence electrons. The topological polar surface area (TPSA) is 62.0 Å². The summed E-state index contributed by atoms with van der Waals surface area (Å²) in [5.74, 6) is 1.59. The van der Waals surface area contributed by atoms with Gasteiger partial charge in [-0.05, 0) is 89.3 Å². The van der Waals surface area contributed by atoms with Crippen molar-refractivity contribution >= 4 is 11.0 Å². The van der Waals surface area contributed by atoms with Crippen molar-refractivity contribution in [2.24, 2.45) is 11.3 Å². The van der Waals surface area contributed by atoms with Crippen LogP contribution < -0.4 is 4.74 Å². The number of aryl methyl sites for hydroxylation is 1. The van der Waals surface area contributed by atoms with Crippen molar-refractivity contribution in [1.82, 2.24) is 15.0 Å². The van der Waals surface area contributed by atoms with Gasteiger partial charge < -0.3 is 19.3 Å². The van der Waals surface area contributed by atoms with Crippen LogP contribution in [0, 0.1) is 11.3 Å². The minimum atomic E-state index is -0.0480. The van der Waals surface area contributed by atoms with Crippen LogP contribution in [0.15, 0.2) is 47.0 Å². The lowest BCUT2D eigenvalue weighted by Gasteiger charge is -2.32. The first-order chi connectivity index (χ1) is 17.0. The van der Waals surface area contributed by atoms with Crippen LogP contribution in [0.3, 0.4) is 0 Å². The first-order valence-electron chi connectivity index (χ1n) is 13.1. The van der Waals surface area contributed by atoms with Crippen LogP contribution in [-0.4, -0.2) is 60.5 Å². The van der Waals surface area contributed by atoms with E-state index < -0.39 is 0 Å². The fraction of sp³-hybridized carbons (Fsp3) is 0.552. The number of nitrogens with zero attached hydrogens (tertiary/aromatic N) is 3. The van der Waals surface area contributed by atoms with E-state index in [9.17, 15) is 5.11 Å². The van der Waals surface area contributed by atoms with E-state index in [1.165, 1.54) is 31.5 Å². The molecule has 0 spiro atoms. The Labute approximate surface area is 208 Å². The van der Waals surface area contributed by atoms with Gasteiger partial charge in [-0.15, -0.1) is 0 Å². The Morgan fingerprint density at radius 1 is 1.11 bits per heavy atom. The Hall–Kier alpha value is -2.41. The zero-order chi connectivity index (χ0) is 24.3. The molecule has 35 heavy (non-hydrogen) atoms. The van der Waals surface area contributed by atoms with Gasteiger partial charge in [0, 0.05) is 23.9 Å². The number of fused-ring (bicyclic) bond motifs is 1. The molecule has 6 nitrogen and oxygen atoms in total. The third kappa shape index (κ3) is 5.88. The van der Waals surface area contributed by atoms with Gasteiger partial charge in [0.05, 0.1) is 24.5 Å². The molecule has 1 aliphatic heterocycles. The lowest BCUT2D eigenvalue weighted by atomic mass is 9.91. The fourth-order valence-corrected chi connectivity index (χ4v) is 5.24. The molecule has 0 amide bonds. The number of benzene rings is 2. The Kier molecular flexibility index (Phi) is 7.42. The third-order valence-electron chi connectivity index (χ3n) is 7.82. The van der Waals surface area contributed by atoms with Crippen LogP contribution in [0.4, 0.5) is 0 Å². The molecule has 6 heteroatoms. The standard InChI is InChI=1S/C29H39N3O3/c1-31(2)19-25-27(34-21-29(20-33)14-15-29)11-9-24-26(30-35-28(24)25)10-8-22-12-16-32(17-13-22)18-23-6-4-3-5-7-23/h3-7,9,11,22,33H,8,10,12-21H2,1-2H3.